The van der Waals surface area contributed by atoms with Gasteiger partial charge in [-0.25, -0.2) is 4.39 Å². The first-order valence-corrected chi connectivity index (χ1v) is 7.51. The molecule has 0 saturated carbocycles. The molecule has 0 aliphatic rings. The normalized spacial score (nSPS) is 10.5. The van der Waals surface area contributed by atoms with Gasteiger partial charge in [-0.15, -0.1) is 10.2 Å². The van der Waals surface area contributed by atoms with Crippen LogP contribution in [0.4, 0.5) is 9.52 Å². The molecule has 0 atom stereocenters. The first kappa shape index (κ1) is 14.2. The van der Waals surface area contributed by atoms with Gasteiger partial charge in [-0.05, 0) is 24.0 Å². The van der Waals surface area contributed by atoms with Crippen molar-refractivity contribution in [1.82, 2.24) is 10.2 Å². The number of hydrogen-bond donors (Lipinski definition) is 1. The number of nitrogens with zero attached hydrogens (tertiary/aromatic N) is 2. The number of carbonyl (C=O) groups is 1. The van der Waals surface area contributed by atoms with E-state index < -0.39 is 11.7 Å². The van der Waals surface area contributed by atoms with Crippen LogP contribution < -0.4 is 5.32 Å². The fourth-order valence-electron chi connectivity index (χ4n) is 1.28. The summed E-state index contributed by atoms with van der Waals surface area (Å²) in [6.45, 7) is 2.00. The van der Waals surface area contributed by atoms with Gasteiger partial charge in [0, 0.05) is 0 Å². The number of halogens is 2. The van der Waals surface area contributed by atoms with Gasteiger partial charge in [-0.1, -0.05) is 41.6 Å². The van der Waals surface area contributed by atoms with E-state index >= 15 is 0 Å². The van der Waals surface area contributed by atoms with Gasteiger partial charge >= 0.3 is 0 Å². The van der Waals surface area contributed by atoms with Crippen LogP contribution in [0.2, 0.25) is 5.02 Å². The standard InChI is InChI=1S/C11H9ClFN3OS2/c1-2-18-11-16-15-10(19-11)14-9(17)7-4-3-6(13)5-8(7)12/h3-5H,2H2,1H3,(H,14,15,17). The van der Waals surface area contributed by atoms with E-state index in [1.54, 1.807) is 11.8 Å². The Balaban J connectivity index is 2.11. The first-order chi connectivity index (χ1) is 9.10. The van der Waals surface area contributed by atoms with Crippen LogP contribution in [0.3, 0.4) is 0 Å². The van der Waals surface area contributed by atoms with Crippen molar-refractivity contribution >= 4 is 45.7 Å². The Labute approximate surface area is 122 Å². The predicted molar refractivity (Wildman–Crippen MR) is 75.7 cm³/mol. The Kier molecular flexibility index (Phi) is 4.73. The number of amides is 1. The second-order valence-corrected chi connectivity index (χ2v) is 6.28. The van der Waals surface area contributed by atoms with Crippen molar-refractivity contribution < 1.29 is 9.18 Å². The van der Waals surface area contributed by atoms with E-state index in [0.29, 0.717) is 5.13 Å². The molecular formula is C11H9ClFN3OS2. The minimum Gasteiger partial charge on any atom is -0.296 e. The highest BCUT2D eigenvalue weighted by Gasteiger charge is 2.13. The number of carbonyl (C=O) groups excluding carboxylic acids is 1. The maximum Gasteiger partial charge on any atom is 0.259 e. The number of aromatic nitrogens is 2. The monoisotopic (exact) mass is 317 g/mol. The third-order valence-corrected chi connectivity index (χ3v) is 4.24. The minimum atomic E-state index is -0.487. The molecule has 0 saturated heterocycles. The van der Waals surface area contributed by atoms with Crippen LogP contribution in [0, 0.1) is 5.82 Å². The topological polar surface area (TPSA) is 54.9 Å². The van der Waals surface area contributed by atoms with Gasteiger partial charge in [-0.3, -0.25) is 10.1 Å². The summed E-state index contributed by atoms with van der Waals surface area (Å²) in [7, 11) is 0. The second kappa shape index (κ2) is 6.31. The molecule has 0 spiro atoms. The van der Waals surface area contributed by atoms with E-state index in [1.807, 2.05) is 6.92 Å². The number of rotatable bonds is 4. The molecule has 1 amide bonds. The lowest BCUT2D eigenvalue weighted by molar-refractivity contribution is 0.102. The van der Waals surface area contributed by atoms with Gasteiger partial charge in [0.2, 0.25) is 5.13 Å². The molecule has 1 aromatic carbocycles. The highest BCUT2D eigenvalue weighted by molar-refractivity contribution is 8.01. The lowest BCUT2D eigenvalue weighted by atomic mass is 10.2. The summed E-state index contributed by atoms with van der Waals surface area (Å²) in [6.07, 6.45) is 0. The lowest BCUT2D eigenvalue weighted by Crippen LogP contribution is -2.12. The van der Waals surface area contributed by atoms with Crippen LogP contribution in [0.15, 0.2) is 22.5 Å². The minimum absolute atomic E-state index is 0.0603. The van der Waals surface area contributed by atoms with Crippen molar-refractivity contribution in [2.24, 2.45) is 0 Å². The Morgan fingerprint density at radius 3 is 3.00 bits per heavy atom. The number of nitrogens with one attached hydrogen (secondary N) is 1. The summed E-state index contributed by atoms with van der Waals surface area (Å²) < 4.78 is 13.7. The van der Waals surface area contributed by atoms with Crippen molar-refractivity contribution in [2.45, 2.75) is 11.3 Å². The van der Waals surface area contributed by atoms with Crippen molar-refractivity contribution in [3.05, 3.63) is 34.6 Å². The molecule has 0 aliphatic carbocycles. The molecule has 0 bridgehead atoms. The zero-order valence-corrected chi connectivity index (χ0v) is 12.2. The highest BCUT2D eigenvalue weighted by atomic mass is 35.5. The molecule has 0 radical (unpaired) electrons. The molecule has 1 N–H and O–H groups in total. The fourth-order valence-corrected chi connectivity index (χ4v) is 3.18. The molecule has 2 aromatic rings. The molecule has 8 heteroatoms. The summed E-state index contributed by atoms with van der Waals surface area (Å²) in [5.74, 6) is -0.0416. The van der Waals surface area contributed by atoms with Crippen LogP contribution in [0.25, 0.3) is 0 Å². The van der Waals surface area contributed by atoms with Crippen molar-refractivity contribution in [2.75, 3.05) is 11.1 Å². The Morgan fingerprint density at radius 1 is 1.53 bits per heavy atom. The van der Waals surface area contributed by atoms with Crippen molar-refractivity contribution in [1.29, 1.82) is 0 Å². The van der Waals surface area contributed by atoms with E-state index in [2.05, 4.69) is 15.5 Å². The van der Waals surface area contributed by atoms with Crippen LogP contribution in [-0.4, -0.2) is 21.9 Å². The van der Waals surface area contributed by atoms with E-state index in [0.717, 1.165) is 16.2 Å². The second-order valence-electron chi connectivity index (χ2n) is 3.38. The number of anilines is 1. The van der Waals surface area contributed by atoms with Crippen molar-refractivity contribution in [3.63, 3.8) is 0 Å². The molecule has 0 unspecified atom stereocenters. The summed E-state index contributed by atoms with van der Waals surface area (Å²) in [5.41, 5.74) is 0.197. The molecular weight excluding hydrogens is 309 g/mol. The molecule has 2 rings (SSSR count). The zero-order chi connectivity index (χ0) is 13.8. The van der Waals surface area contributed by atoms with Crippen molar-refractivity contribution in [3.8, 4) is 0 Å². The molecule has 0 fully saturated rings. The third-order valence-electron chi connectivity index (χ3n) is 2.07. The molecule has 1 aromatic heterocycles. The van der Waals surface area contributed by atoms with E-state index in [4.69, 9.17) is 11.6 Å². The van der Waals surface area contributed by atoms with Gasteiger partial charge in [0.1, 0.15) is 5.82 Å². The van der Waals surface area contributed by atoms with E-state index in [1.165, 1.54) is 23.5 Å². The van der Waals surface area contributed by atoms with Gasteiger partial charge < -0.3 is 0 Å². The summed E-state index contributed by atoms with van der Waals surface area (Å²) in [6, 6.07) is 3.60. The van der Waals surface area contributed by atoms with Crippen LogP contribution in [0.1, 0.15) is 17.3 Å². The largest absolute Gasteiger partial charge is 0.296 e. The van der Waals surface area contributed by atoms with E-state index in [9.17, 15) is 9.18 Å². The summed E-state index contributed by atoms with van der Waals surface area (Å²) in [4.78, 5) is 11.9. The van der Waals surface area contributed by atoms with Gasteiger partial charge in [0.05, 0.1) is 10.6 Å². The zero-order valence-electron chi connectivity index (χ0n) is 9.81. The molecule has 0 aliphatic heterocycles. The van der Waals surface area contributed by atoms with Crippen LogP contribution >= 0.6 is 34.7 Å². The first-order valence-electron chi connectivity index (χ1n) is 5.33. The SMILES string of the molecule is CCSc1nnc(NC(=O)c2ccc(F)cc2Cl)s1. The van der Waals surface area contributed by atoms with Gasteiger partial charge in [-0.2, -0.15) is 0 Å². The number of hydrogen-bond acceptors (Lipinski definition) is 5. The maximum absolute atomic E-state index is 12.9. The maximum atomic E-state index is 12.9. The molecule has 1 heterocycles. The van der Waals surface area contributed by atoms with Crippen LogP contribution in [0.5, 0.6) is 0 Å². The van der Waals surface area contributed by atoms with Gasteiger partial charge in [0.25, 0.3) is 5.91 Å². The highest BCUT2D eigenvalue weighted by Crippen LogP contribution is 2.26. The summed E-state index contributed by atoms with van der Waals surface area (Å²) >= 11 is 8.63. The fraction of sp³-hybridized carbons (Fsp3) is 0.182. The molecule has 100 valence electrons. The smallest absolute Gasteiger partial charge is 0.259 e. The average molecular weight is 318 g/mol. The molecule has 4 nitrogen and oxygen atoms in total. The predicted octanol–water partition coefficient (Wildman–Crippen LogP) is 3.69. The molecule has 19 heavy (non-hydrogen) atoms. The summed E-state index contributed by atoms with van der Waals surface area (Å²) in [5, 5.41) is 10.8. The van der Waals surface area contributed by atoms with Crippen LogP contribution in [-0.2, 0) is 0 Å². The average Bonchev–Trinajstić information content (AvgIpc) is 2.76. The Hall–Kier alpha value is -1.18. The Morgan fingerprint density at radius 2 is 2.32 bits per heavy atom. The third kappa shape index (κ3) is 3.65. The Bertz CT molecular complexity index is 605. The number of thioether (sulfide) groups is 1. The lowest BCUT2D eigenvalue weighted by Gasteiger charge is -2.03. The quantitative estimate of drug-likeness (QED) is 0.690. The number of benzene rings is 1. The van der Waals surface area contributed by atoms with E-state index in [-0.39, 0.29) is 10.6 Å². The van der Waals surface area contributed by atoms with Gasteiger partial charge in [0.15, 0.2) is 4.34 Å².